The molecule has 4 heterocycles. The van der Waals surface area contributed by atoms with Gasteiger partial charge < -0.3 is 20.3 Å². The van der Waals surface area contributed by atoms with Gasteiger partial charge in [-0.15, -0.1) is 0 Å². The summed E-state index contributed by atoms with van der Waals surface area (Å²) >= 11 is 0. The summed E-state index contributed by atoms with van der Waals surface area (Å²) in [5.74, 6) is -1.01. The summed E-state index contributed by atoms with van der Waals surface area (Å²) in [6, 6.07) is 9.72. The minimum absolute atomic E-state index is 0.0147. The van der Waals surface area contributed by atoms with Gasteiger partial charge in [-0.2, -0.15) is 0 Å². The fraction of sp³-hybridized carbons (Fsp3) is 0.583. The van der Waals surface area contributed by atoms with E-state index >= 15 is 0 Å². The first kappa shape index (κ1) is 19.8. The Bertz CT molecular complexity index is 894. The number of amides is 2. The number of piperidine rings is 1. The maximum atomic E-state index is 13.4. The van der Waals surface area contributed by atoms with E-state index in [2.05, 4.69) is 38.3 Å². The Balaban J connectivity index is 1.37. The molecule has 2 N–H and O–H groups in total. The first-order valence-electron chi connectivity index (χ1n) is 10.9. The molecule has 0 aliphatic carbocycles. The number of rotatable bonds is 3. The number of anilines is 1. The number of hydrogen-bond donors (Lipinski definition) is 2. The number of nitrogens with one attached hydrogen (secondary N) is 2. The molecule has 160 valence electrons. The molecule has 1 spiro atoms. The largest absolute Gasteiger partial charge is 0.360 e. The third-order valence-electron chi connectivity index (χ3n) is 7.01. The molecule has 6 heteroatoms. The SMILES string of the molecule is CC1(C)CC(NC(=O)[C@@H]2[C@H]3C(=O)N(c4ccccc4)C[C@]34C=C[C@H]2O4)CC(C)(C)N1. The van der Waals surface area contributed by atoms with Crippen molar-refractivity contribution in [3.8, 4) is 0 Å². The number of carbonyl (C=O) groups is 2. The lowest BCUT2D eigenvalue weighted by Crippen LogP contribution is -2.62. The first-order chi connectivity index (χ1) is 14.1. The van der Waals surface area contributed by atoms with Crippen LogP contribution in [-0.4, -0.2) is 47.2 Å². The molecule has 0 radical (unpaired) electrons. The third-order valence-corrected chi connectivity index (χ3v) is 7.01. The summed E-state index contributed by atoms with van der Waals surface area (Å²) < 4.78 is 6.26. The van der Waals surface area contributed by atoms with E-state index in [-0.39, 0.29) is 35.0 Å². The molecular formula is C24H31N3O3. The van der Waals surface area contributed by atoms with Crippen molar-refractivity contribution in [2.45, 2.75) is 69.4 Å². The fourth-order valence-electron chi connectivity index (χ4n) is 6.35. The van der Waals surface area contributed by atoms with Gasteiger partial charge in [-0.3, -0.25) is 9.59 Å². The van der Waals surface area contributed by atoms with Crippen LogP contribution in [0.1, 0.15) is 40.5 Å². The molecule has 1 aromatic carbocycles. The monoisotopic (exact) mass is 409 g/mol. The highest BCUT2D eigenvalue weighted by molar-refractivity contribution is 6.03. The minimum Gasteiger partial charge on any atom is -0.360 e. The smallest absolute Gasteiger partial charge is 0.234 e. The molecule has 4 aliphatic rings. The van der Waals surface area contributed by atoms with E-state index in [1.807, 2.05) is 42.5 Å². The van der Waals surface area contributed by atoms with Crippen molar-refractivity contribution in [2.75, 3.05) is 11.4 Å². The van der Waals surface area contributed by atoms with E-state index < -0.39 is 17.4 Å². The normalized spacial score (nSPS) is 36.2. The van der Waals surface area contributed by atoms with Crippen molar-refractivity contribution in [1.82, 2.24) is 10.6 Å². The zero-order valence-corrected chi connectivity index (χ0v) is 18.1. The molecule has 4 aliphatic heterocycles. The second kappa shape index (κ2) is 6.41. The molecule has 0 aromatic heterocycles. The van der Waals surface area contributed by atoms with E-state index in [0.29, 0.717) is 6.54 Å². The number of carbonyl (C=O) groups excluding carboxylic acids is 2. The van der Waals surface area contributed by atoms with Gasteiger partial charge in [0.25, 0.3) is 0 Å². The van der Waals surface area contributed by atoms with Gasteiger partial charge in [0.15, 0.2) is 0 Å². The maximum Gasteiger partial charge on any atom is 0.234 e. The van der Waals surface area contributed by atoms with Gasteiger partial charge in [-0.1, -0.05) is 30.4 Å². The van der Waals surface area contributed by atoms with Crippen molar-refractivity contribution in [3.63, 3.8) is 0 Å². The lowest BCUT2D eigenvalue weighted by molar-refractivity contribution is -0.132. The molecule has 5 rings (SSSR count). The molecule has 3 fully saturated rings. The Kier molecular flexibility index (Phi) is 4.22. The summed E-state index contributed by atoms with van der Waals surface area (Å²) in [5, 5.41) is 6.93. The van der Waals surface area contributed by atoms with Crippen LogP contribution in [0.3, 0.4) is 0 Å². The number of para-hydroxylation sites is 1. The van der Waals surface area contributed by atoms with Gasteiger partial charge in [0.05, 0.1) is 24.5 Å². The molecule has 30 heavy (non-hydrogen) atoms. The Morgan fingerprint density at radius 2 is 1.80 bits per heavy atom. The lowest BCUT2D eigenvalue weighted by atomic mass is 9.75. The van der Waals surface area contributed by atoms with E-state index in [4.69, 9.17) is 4.74 Å². The number of fused-ring (bicyclic) bond motifs is 1. The highest BCUT2D eigenvalue weighted by Gasteiger charge is 2.67. The van der Waals surface area contributed by atoms with Crippen LogP contribution in [0.5, 0.6) is 0 Å². The predicted molar refractivity (Wildman–Crippen MR) is 115 cm³/mol. The molecule has 2 bridgehead atoms. The number of hydrogen-bond acceptors (Lipinski definition) is 4. The van der Waals surface area contributed by atoms with E-state index in [9.17, 15) is 9.59 Å². The average molecular weight is 410 g/mol. The number of ether oxygens (including phenoxy) is 1. The van der Waals surface area contributed by atoms with Gasteiger partial charge in [0, 0.05) is 22.8 Å². The molecule has 3 saturated heterocycles. The van der Waals surface area contributed by atoms with Crippen LogP contribution in [0.2, 0.25) is 0 Å². The second-order valence-electron chi connectivity index (χ2n) is 10.7. The fourth-order valence-corrected chi connectivity index (χ4v) is 6.35. The van der Waals surface area contributed by atoms with Gasteiger partial charge in [0.1, 0.15) is 5.60 Å². The molecule has 6 nitrogen and oxygen atoms in total. The Hall–Kier alpha value is -2.18. The Morgan fingerprint density at radius 3 is 2.47 bits per heavy atom. The standard InChI is InChI=1S/C24H31N3O3/c1-22(2)12-15(13-23(3,4)26-22)25-20(28)18-17-10-11-24(30-17)14-27(21(29)19(18)24)16-8-6-5-7-9-16/h5-11,15,17-19,26H,12-14H2,1-4H3,(H,25,28)/t17-,18+,19+,24-/m1/s1. The summed E-state index contributed by atoms with van der Waals surface area (Å²) in [4.78, 5) is 28.6. The zero-order chi connectivity index (χ0) is 21.3. The zero-order valence-electron chi connectivity index (χ0n) is 18.1. The van der Waals surface area contributed by atoms with Crippen molar-refractivity contribution in [2.24, 2.45) is 11.8 Å². The van der Waals surface area contributed by atoms with Crippen molar-refractivity contribution in [3.05, 3.63) is 42.5 Å². The van der Waals surface area contributed by atoms with Crippen LogP contribution < -0.4 is 15.5 Å². The van der Waals surface area contributed by atoms with Crippen LogP contribution in [0.15, 0.2) is 42.5 Å². The van der Waals surface area contributed by atoms with Gasteiger partial charge >= 0.3 is 0 Å². The highest BCUT2D eigenvalue weighted by atomic mass is 16.5. The first-order valence-corrected chi connectivity index (χ1v) is 10.9. The summed E-state index contributed by atoms with van der Waals surface area (Å²) in [5.41, 5.74) is 0.0536. The Labute approximate surface area is 178 Å². The van der Waals surface area contributed by atoms with Crippen LogP contribution >= 0.6 is 0 Å². The topological polar surface area (TPSA) is 70.7 Å². The van der Waals surface area contributed by atoms with E-state index in [1.54, 1.807) is 4.90 Å². The quantitative estimate of drug-likeness (QED) is 0.752. The van der Waals surface area contributed by atoms with E-state index in [1.165, 1.54) is 0 Å². The van der Waals surface area contributed by atoms with Crippen LogP contribution in [0.4, 0.5) is 5.69 Å². The van der Waals surface area contributed by atoms with Crippen LogP contribution in [0, 0.1) is 11.8 Å². The Morgan fingerprint density at radius 1 is 1.13 bits per heavy atom. The van der Waals surface area contributed by atoms with E-state index in [0.717, 1.165) is 18.5 Å². The maximum absolute atomic E-state index is 13.4. The summed E-state index contributed by atoms with van der Waals surface area (Å²) in [6.07, 6.45) is 5.37. The average Bonchev–Trinajstić information content (AvgIpc) is 3.28. The predicted octanol–water partition coefficient (Wildman–Crippen LogP) is 2.40. The van der Waals surface area contributed by atoms with Crippen LogP contribution in [-0.2, 0) is 14.3 Å². The third kappa shape index (κ3) is 3.08. The summed E-state index contributed by atoms with van der Waals surface area (Å²) in [6.45, 7) is 9.14. The molecule has 2 amide bonds. The molecule has 4 atom stereocenters. The molecule has 1 aromatic rings. The van der Waals surface area contributed by atoms with Crippen molar-refractivity contribution in [1.29, 1.82) is 0 Å². The number of benzene rings is 1. The van der Waals surface area contributed by atoms with Gasteiger partial charge in [-0.05, 0) is 52.7 Å². The molecule has 0 saturated carbocycles. The number of nitrogens with zero attached hydrogens (tertiary/aromatic N) is 1. The van der Waals surface area contributed by atoms with Crippen molar-refractivity contribution >= 4 is 17.5 Å². The second-order valence-corrected chi connectivity index (χ2v) is 10.7. The van der Waals surface area contributed by atoms with Gasteiger partial charge in [0.2, 0.25) is 11.8 Å². The molecular weight excluding hydrogens is 378 g/mol. The van der Waals surface area contributed by atoms with Gasteiger partial charge in [-0.25, -0.2) is 0 Å². The lowest BCUT2D eigenvalue weighted by Gasteiger charge is -2.47. The summed E-state index contributed by atoms with van der Waals surface area (Å²) in [7, 11) is 0. The molecule has 0 unspecified atom stereocenters. The van der Waals surface area contributed by atoms with Crippen molar-refractivity contribution < 1.29 is 14.3 Å². The minimum atomic E-state index is -0.688. The highest BCUT2D eigenvalue weighted by Crippen LogP contribution is 2.52. The van der Waals surface area contributed by atoms with Crippen LogP contribution in [0.25, 0.3) is 0 Å².